The molecule has 0 saturated heterocycles. The largest absolute Gasteiger partial charge is 0.384 e. The molecule has 3 rings (SSSR count). The van der Waals surface area contributed by atoms with Gasteiger partial charge < -0.3 is 5.73 Å². The number of tetrazole rings is 1. The molecule has 0 radical (unpaired) electrons. The van der Waals surface area contributed by atoms with Crippen LogP contribution in [-0.4, -0.2) is 53.4 Å². The second kappa shape index (κ2) is 8.07. The highest BCUT2D eigenvalue weighted by molar-refractivity contribution is 5.95. The number of carbonyl (C=O) groups excluding carboxylic acids is 2. The predicted molar refractivity (Wildman–Crippen MR) is 88.2 cm³/mol. The zero-order chi connectivity index (χ0) is 20.1. The van der Waals surface area contributed by atoms with Crippen molar-refractivity contribution in [2.45, 2.75) is 13.0 Å². The van der Waals surface area contributed by atoms with Crippen molar-refractivity contribution in [3.05, 3.63) is 42.1 Å². The first-order valence-corrected chi connectivity index (χ1v) is 7.61. The van der Waals surface area contributed by atoms with Gasteiger partial charge in [-0.1, -0.05) is 0 Å². The van der Waals surface area contributed by atoms with E-state index in [1.807, 2.05) is 5.43 Å². The van der Waals surface area contributed by atoms with Crippen LogP contribution in [0.1, 0.15) is 16.2 Å². The van der Waals surface area contributed by atoms with Crippen LogP contribution < -0.4 is 16.6 Å². The Morgan fingerprint density at radius 3 is 2.50 bits per heavy atom. The molecule has 3 aromatic rings. The molecule has 0 fully saturated rings. The minimum Gasteiger partial charge on any atom is -0.384 e. The molecule has 3 heterocycles. The molecule has 0 bridgehead atoms. The molecule has 144 valence electrons. The van der Waals surface area contributed by atoms with E-state index in [4.69, 9.17) is 5.73 Å². The molecule has 0 spiro atoms. The third-order valence-corrected chi connectivity index (χ3v) is 3.25. The maximum atomic E-state index is 12.1. The summed E-state index contributed by atoms with van der Waals surface area (Å²) in [4.78, 5) is 35.5. The number of nitrogens with zero attached hydrogens (tertiary/aromatic N) is 7. The molecular formula is C14H12F2N10O2. The number of pyridine rings is 1. The van der Waals surface area contributed by atoms with Gasteiger partial charge in [-0.15, -0.1) is 10.2 Å². The van der Waals surface area contributed by atoms with E-state index in [9.17, 15) is 18.4 Å². The van der Waals surface area contributed by atoms with E-state index in [2.05, 4.69) is 30.4 Å². The van der Waals surface area contributed by atoms with E-state index >= 15 is 0 Å². The number of hydrogen-bond acceptors (Lipinski definition) is 9. The number of alkyl halides is 2. The van der Waals surface area contributed by atoms with Gasteiger partial charge in [0, 0.05) is 24.2 Å². The van der Waals surface area contributed by atoms with Gasteiger partial charge in [0.25, 0.3) is 5.91 Å². The molecule has 28 heavy (non-hydrogen) atoms. The molecule has 0 aromatic carbocycles. The van der Waals surface area contributed by atoms with Crippen LogP contribution in [0.3, 0.4) is 0 Å². The molecule has 4 N–H and O–H groups in total. The first-order valence-electron chi connectivity index (χ1n) is 7.61. The fraction of sp³-hybridized carbons (Fsp3) is 0.143. The van der Waals surface area contributed by atoms with Crippen molar-refractivity contribution in [2.24, 2.45) is 0 Å². The first kappa shape index (κ1) is 18.7. The average Bonchev–Trinajstić information content (AvgIpc) is 3.15. The lowest BCUT2D eigenvalue weighted by atomic mass is 10.3. The molecule has 0 aliphatic heterocycles. The second-order valence-electron chi connectivity index (χ2n) is 5.25. The van der Waals surface area contributed by atoms with Crippen molar-refractivity contribution in [3.63, 3.8) is 0 Å². The van der Waals surface area contributed by atoms with E-state index in [1.165, 1.54) is 11.0 Å². The van der Waals surface area contributed by atoms with Gasteiger partial charge in [0.05, 0.1) is 5.56 Å². The molecule has 0 saturated carbocycles. The Morgan fingerprint density at radius 1 is 1.11 bits per heavy atom. The maximum Gasteiger partial charge on any atom is 0.317 e. The monoisotopic (exact) mass is 390 g/mol. The number of nitrogens with two attached hydrogens (primary N) is 1. The summed E-state index contributed by atoms with van der Waals surface area (Å²) < 4.78 is 24.1. The van der Waals surface area contributed by atoms with Crippen LogP contribution in [0.4, 0.5) is 14.6 Å². The lowest BCUT2D eigenvalue weighted by Crippen LogP contribution is -2.44. The van der Waals surface area contributed by atoms with Gasteiger partial charge in [0.2, 0.25) is 5.82 Å². The number of nitrogens with one attached hydrogen (secondary N) is 2. The lowest BCUT2D eigenvalue weighted by molar-refractivity contribution is -0.132. The van der Waals surface area contributed by atoms with Crippen LogP contribution in [0.2, 0.25) is 0 Å². The molecule has 3 aromatic heterocycles. The Hall–Kier alpha value is -4.10. The van der Waals surface area contributed by atoms with Crippen molar-refractivity contribution in [2.75, 3.05) is 5.73 Å². The van der Waals surface area contributed by atoms with E-state index in [1.54, 1.807) is 17.6 Å². The summed E-state index contributed by atoms with van der Waals surface area (Å²) in [6.45, 7) is 0.0689. The van der Waals surface area contributed by atoms with Gasteiger partial charge in [0.15, 0.2) is 5.82 Å². The SMILES string of the molecule is Nc1ccc(-c2nnn(Cc3ncc(C(=O)NNC(=O)C(F)F)cn3)n2)cn1. The van der Waals surface area contributed by atoms with Crippen molar-refractivity contribution in [3.8, 4) is 11.4 Å². The Bertz CT molecular complexity index is 975. The highest BCUT2D eigenvalue weighted by Crippen LogP contribution is 2.12. The molecule has 0 aliphatic rings. The second-order valence-corrected chi connectivity index (χ2v) is 5.25. The summed E-state index contributed by atoms with van der Waals surface area (Å²) in [6, 6.07) is 3.30. The topological polar surface area (TPSA) is 166 Å². The van der Waals surface area contributed by atoms with Crippen molar-refractivity contribution < 1.29 is 18.4 Å². The zero-order valence-corrected chi connectivity index (χ0v) is 14.0. The quantitative estimate of drug-likeness (QED) is 0.472. The number of rotatable bonds is 5. The van der Waals surface area contributed by atoms with Crippen LogP contribution in [0, 0.1) is 0 Å². The average molecular weight is 390 g/mol. The Kier molecular flexibility index (Phi) is 5.38. The number of hydrogen-bond donors (Lipinski definition) is 3. The number of carbonyl (C=O) groups is 2. The molecular weight excluding hydrogens is 378 g/mol. The number of nitrogen functional groups attached to an aromatic ring is 1. The molecule has 0 atom stereocenters. The van der Waals surface area contributed by atoms with Gasteiger partial charge >= 0.3 is 12.3 Å². The third-order valence-electron chi connectivity index (χ3n) is 3.25. The van der Waals surface area contributed by atoms with E-state index in [0.29, 0.717) is 17.2 Å². The fourth-order valence-corrected chi connectivity index (χ4v) is 1.89. The number of hydrazine groups is 1. The van der Waals surface area contributed by atoms with Crippen LogP contribution in [0.5, 0.6) is 0 Å². The minimum atomic E-state index is -3.25. The number of anilines is 1. The van der Waals surface area contributed by atoms with Crippen LogP contribution in [0.15, 0.2) is 30.7 Å². The molecule has 14 heteroatoms. The van der Waals surface area contributed by atoms with Gasteiger partial charge in [-0.25, -0.2) is 15.0 Å². The highest BCUT2D eigenvalue weighted by Gasteiger charge is 2.16. The van der Waals surface area contributed by atoms with Gasteiger partial charge in [-0.2, -0.15) is 13.6 Å². The molecule has 2 amide bonds. The normalized spacial score (nSPS) is 10.7. The number of aromatic nitrogens is 7. The van der Waals surface area contributed by atoms with Crippen molar-refractivity contribution >= 4 is 17.6 Å². The van der Waals surface area contributed by atoms with Gasteiger partial charge in [-0.05, 0) is 17.3 Å². The summed E-state index contributed by atoms with van der Waals surface area (Å²) >= 11 is 0. The highest BCUT2D eigenvalue weighted by atomic mass is 19.3. The van der Waals surface area contributed by atoms with Crippen LogP contribution >= 0.6 is 0 Å². The Labute approximate surface area is 155 Å². The summed E-state index contributed by atoms with van der Waals surface area (Å²) in [5.41, 5.74) is 9.49. The summed E-state index contributed by atoms with van der Waals surface area (Å²) in [5, 5.41) is 11.9. The van der Waals surface area contributed by atoms with E-state index in [-0.39, 0.29) is 17.9 Å². The maximum absolute atomic E-state index is 12.1. The number of amides is 2. The Balaban J connectivity index is 1.61. The fourth-order valence-electron chi connectivity index (χ4n) is 1.89. The third kappa shape index (κ3) is 4.54. The summed E-state index contributed by atoms with van der Waals surface area (Å²) in [5.74, 6) is -1.51. The zero-order valence-electron chi connectivity index (χ0n) is 14.0. The Morgan fingerprint density at radius 2 is 1.86 bits per heavy atom. The van der Waals surface area contributed by atoms with Crippen molar-refractivity contribution in [1.29, 1.82) is 0 Å². The van der Waals surface area contributed by atoms with Crippen molar-refractivity contribution in [1.82, 2.24) is 46.0 Å². The number of halogens is 2. The van der Waals surface area contributed by atoms with E-state index in [0.717, 1.165) is 12.4 Å². The van der Waals surface area contributed by atoms with Gasteiger partial charge in [-0.3, -0.25) is 20.4 Å². The smallest absolute Gasteiger partial charge is 0.317 e. The minimum absolute atomic E-state index is 0.0431. The molecule has 0 aliphatic carbocycles. The lowest BCUT2D eigenvalue weighted by Gasteiger charge is -2.06. The first-order chi connectivity index (χ1) is 13.4. The van der Waals surface area contributed by atoms with Crippen LogP contribution in [0.25, 0.3) is 11.4 Å². The standard InChI is InChI=1S/C14H12F2N10O2/c15-11(16)14(28)23-22-13(27)8-4-19-10(20-5-8)6-26-24-12(21-25-26)7-1-2-9(17)18-3-7/h1-5,11H,6H2,(H2,17,18)(H,22,27)(H,23,28). The summed E-state index contributed by atoms with van der Waals surface area (Å²) in [7, 11) is 0. The summed E-state index contributed by atoms with van der Waals surface area (Å²) in [6.07, 6.45) is 0.581. The van der Waals surface area contributed by atoms with Gasteiger partial charge in [0.1, 0.15) is 12.4 Å². The molecule has 12 nitrogen and oxygen atoms in total. The molecule has 0 unspecified atom stereocenters. The van der Waals surface area contributed by atoms with E-state index < -0.39 is 18.2 Å². The predicted octanol–water partition coefficient (Wildman–Crippen LogP) is -0.818. The van der Waals surface area contributed by atoms with Crippen LogP contribution in [-0.2, 0) is 11.3 Å².